The third kappa shape index (κ3) is 4.94. The normalized spacial score (nSPS) is 11.9. The van der Waals surface area contributed by atoms with Gasteiger partial charge in [-0.25, -0.2) is 0 Å². The Bertz CT molecular complexity index is 956. The topological polar surface area (TPSA) is 76.8 Å². The van der Waals surface area contributed by atoms with E-state index in [4.69, 9.17) is 14.0 Å². The summed E-state index contributed by atoms with van der Waals surface area (Å²) in [5, 5.41) is 6.70. The van der Waals surface area contributed by atoms with Crippen molar-refractivity contribution >= 4 is 11.7 Å². The molecule has 1 heterocycles. The Morgan fingerprint density at radius 3 is 2.52 bits per heavy atom. The Morgan fingerprint density at radius 1 is 1.14 bits per heavy atom. The average Bonchev–Trinajstić information content (AvgIpc) is 3.13. The lowest BCUT2D eigenvalue weighted by Crippen LogP contribution is -2.34. The first-order valence-electron chi connectivity index (χ1n) is 9.22. The second kappa shape index (κ2) is 9.25. The first-order chi connectivity index (χ1) is 14.0. The Hall–Kier alpha value is -3.32. The molecule has 0 saturated carbocycles. The Balaban J connectivity index is 1.86. The number of carbonyl (C=O) groups is 1. The standard InChI is InChI=1S/C22H25N3O4/c1-15-12-20(24-29-15)23-22(26)21(16-8-6-5-7-9-16)25(2)14-17-10-11-18(27-3)13-19(17)28-4/h5-13,21H,14H2,1-4H3,(H,23,24,26). The van der Waals surface area contributed by atoms with E-state index in [0.29, 0.717) is 29.6 Å². The van der Waals surface area contributed by atoms with Gasteiger partial charge in [0.25, 0.3) is 0 Å². The van der Waals surface area contributed by atoms with E-state index in [0.717, 1.165) is 11.1 Å². The van der Waals surface area contributed by atoms with E-state index in [9.17, 15) is 4.79 Å². The Labute approximate surface area is 170 Å². The van der Waals surface area contributed by atoms with Crippen LogP contribution in [0.25, 0.3) is 0 Å². The number of anilines is 1. The van der Waals surface area contributed by atoms with Gasteiger partial charge in [0.2, 0.25) is 5.91 Å². The molecule has 1 N–H and O–H groups in total. The number of aryl methyl sites for hydroxylation is 1. The second-order valence-corrected chi connectivity index (χ2v) is 6.72. The molecule has 1 aromatic heterocycles. The van der Waals surface area contributed by atoms with E-state index in [1.54, 1.807) is 27.2 Å². The van der Waals surface area contributed by atoms with Gasteiger partial charge in [-0.15, -0.1) is 0 Å². The van der Waals surface area contributed by atoms with Crippen LogP contribution in [0, 0.1) is 6.92 Å². The van der Waals surface area contributed by atoms with Crippen molar-refractivity contribution < 1.29 is 18.8 Å². The molecule has 2 aromatic carbocycles. The molecular formula is C22H25N3O4. The van der Waals surface area contributed by atoms with Gasteiger partial charge in [0.1, 0.15) is 23.3 Å². The summed E-state index contributed by atoms with van der Waals surface area (Å²) in [4.78, 5) is 15.1. The molecular weight excluding hydrogens is 370 g/mol. The number of nitrogens with zero attached hydrogens (tertiary/aromatic N) is 2. The van der Waals surface area contributed by atoms with Crippen LogP contribution in [0.15, 0.2) is 59.1 Å². The maximum atomic E-state index is 13.1. The minimum absolute atomic E-state index is 0.195. The lowest BCUT2D eigenvalue weighted by Gasteiger charge is -2.28. The highest BCUT2D eigenvalue weighted by molar-refractivity contribution is 5.94. The fourth-order valence-electron chi connectivity index (χ4n) is 3.20. The van der Waals surface area contributed by atoms with E-state index in [1.807, 2.05) is 60.5 Å². The molecule has 1 unspecified atom stereocenters. The quantitative estimate of drug-likeness (QED) is 0.625. The first kappa shape index (κ1) is 20.4. The average molecular weight is 395 g/mol. The van der Waals surface area contributed by atoms with Gasteiger partial charge in [0, 0.05) is 24.2 Å². The van der Waals surface area contributed by atoms with Gasteiger partial charge in [0.05, 0.1) is 14.2 Å². The zero-order chi connectivity index (χ0) is 20.8. The predicted octanol–water partition coefficient (Wildman–Crippen LogP) is 3.81. The number of nitrogens with one attached hydrogen (secondary N) is 1. The van der Waals surface area contributed by atoms with Crippen molar-refractivity contribution in [1.82, 2.24) is 10.1 Å². The van der Waals surface area contributed by atoms with Crippen LogP contribution in [0.5, 0.6) is 11.5 Å². The second-order valence-electron chi connectivity index (χ2n) is 6.72. The lowest BCUT2D eigenvalue weighted by atomic mass is 10.0. The van der Waals surface area contributed by atoms with Gasteiger partial charge in [-0.3, -0.25) is 9.69 Å². The van der Waals surface area contributed by atoms with Crippen LogP contribution in [0.1, 0.15) is 22.9 Å². The molecule has 1 atom stereocenters. The monoisotopic (exact) mass is 395 g/mol. The summed E-state index contributed by atoms with van der Waals surface area (Å²) in [5.74, 6) is 2.25. The number of aromatic nitrogens is 1. The summed E-state index contributed by atoms with van der Waals surface area (Å²) in [6.07, 6.45) is 0. The maximum Gasteiger partial charge on any atom is 0.247 e. The molecule has 0 saturated heterocycles. The number of carbonyl (C=O) groups excluding carboxylic acids is 1. The van der Waals surface area contributed by atoms with Crippen molar-refractivity contribution in [3.63, 3.8) is 0 Å². The molecule has 0 bridgehead atoms. The van der Waals surface area contributed by atoms with Crippen molar-refractivity contribution in [1.29, 1.82) is 0 Å². The smallest absolute Gasteiger partial charge is 0.247 e. The van der Waals surface area contributed by atoms with Crippen LogP contribution in [-0.4, -0.2) is 37.2 Å². The zero-order valence-electron chi connectivity index (χ0n) is 17.0. The molecule has 1 amide bonds. The van der Waals surface area contributed by atoms with E-state index in [-0.39, 0.29) is 5.91 Å². The van der Waals surface area contributed by atoms with Gasteiger partial charge >= 0.3 is 0 Å². The van der Waals surface area contributed by atoms with E-state index in [2.05, 4.69) is 10.5 Å². The molecule has 152 valence electrons. The number of benzene rings is 2. The summed E-state index contributed by atoms with van der Waals surface area (Å²) >= 11 is 0. The molecule has 0 aliphatic carbocycles. The Kier molecular flexibility index (Phi) is 6.51. The summed E-state index contributed by atoms with van der Waals surface area (Å²) in [6.45, 7) is 2.28. The van der Waals surface area contributed by atoms with Gasteiger partial charge in [-0.05, 0) is 25.6 Å². The highest BCUT2D eigenvalue weighted by Crippen LogP contribution is 2.29. The van der Waals surface area contributed by atoms with Gasteiger partial charge in [-0.1, -0.05) is 41.6 Å². The number of ether oxygens (including phenoxy) is 2. The highest BCUT2D eigenvalue weighted by Gasteiger charge is 2.26. The molecule has 3 rings (SSSR count). The molecule has 0 aliphatic heterocycles. The Morgan fingerprint density at radius 2 is 1.90 bits per heavy atom. The predicted molar refractivity (Wildman–Crippen MR) is 110 cm³/mol. The molecule has 29 heavy (non-hydrogen) atoms. The largest absolute Gasteiger partial charge is 0.497 e. The maximum absolute atomic E-state index is 13.1. The van der Waals surface area contributed by atoms with Crippen molar-refractivity contribution in [2.45, 2.75) is 19.5 Å². The summed E-state index contributed by atoms with van der Waals surface area (Å²) < 4.78 is 15.8. The van der Waals surface area contributed by atoms with Crippen molar-refractivity contribution in [2.24, 2.45) is 0 Å². The first-order valence-corrected chi connectivity index (χ1v) is 9.22. The van der Waals surface area contributed by atoms with Crippen LogP contribution in [0.3, 0.4) is 0 Å². The molecule has 0 radical (unpaired) electrons. The van der Waals surface area contributed by atoms with Crippen molar-refractivity contribution in [2.75, 3.05) is 26.6 Å². The zero-order valence-corrected chi connectivity index (χ0v) is 17.0. The molecule has 0 fully saturated rings. The lowest BCUT2D eigenvalue weighted by molar-refractivity contribution is -0.121. The highest BCUT2D eigenvalue weighted by atomic mass is 16.5. The third-order valence-corrected chi connectivity index (χ3v) is 4.60. The van der Waals surface area contributed by atoms with E-state index in [1.165, 1.54) is 0 Å². The van der Waals surface area contributed by atoms with E-state index >= 15 is 0 Å². The number of methoxy groups -OCH3 is 2. The fourth-order valence-corrected chi connectivity index (χ4v) is 3.20. The molecule has 7 nitrogen and oxygen atoms in total. The molecule has 0 spiro atoms. The van der Waals surface area contributed by atoms with Crippen LogP contribution in [0.2, 0.25) is 0 Å². The van der Waals surface area contributed by atoms with Gasteiger partial charge in [0.15, 0.2) is 5.82 Å². The minimum Gasteiger partial charge on any atom is -0.497 e. The fraction of sp³-hybridized carbons (Fsp3) is 0.273. The number of hydrogen-bond acceptors (Lipinski definition) is 6. The molecule has 7 heteroatoms. The van der Waals surface area contributed by atoms with Crippen LogP contribution in [-0.2, 0) is 11.3 Å². The molecule has 0 aliphatic rings. The molecule has 3 aromatic rings. The third-order valence-electron chi connectivity index (χ3n) is 4.60. The minimum atomic E-state index is -0.528. The summed E-state index contributed by atoms with van der Waals surface area (Å²) in [6, 6.07) is 16.4. The van der Waals surface area contributed by atoms with E-state index < -0.39 is 6.04 Å². The number of amides is 1. The number of hydrogen-bond donors (Lipinski definition) is 1. The summed E-state index contributed by atoms with van der Waals surface area (Å²) in [5.41, 5.74) is 1.82. The van der Waals surface area contributed by atoms with Crippen LogP contribution >= 0.6 is 0 Å². The SMILES string of the molecule is COc1ccc(CN(C)C(C(=O)Nc2cc(C)on2)c2ccccc2)c(OC)c1. The van der Waals surface area contributed by atoms with Crippen LogP contribution < -0.4 is 14.8 Å². The number of rotatable bonds is 8. The number of likely N-dealkylation sites (N-methyl/N-ethyl adjacent to an activating group) is 1. The summed E-state index contributed by atoms with van der Waals surface area (Å²) in [7, 11) is 5.13. The van der Waals surface area contributed by atoms with Gasteiger partial charge in [-0.2, -0.15) is 0 Å². The van der Waals surface area contributed by atoms with Crippen molar-refractivity contribution in [3.05, 3.63) is 71.5 Å². The van der Waals surface area contributed by atoms with Crippen LogP contribution in [0.4, 0.5) is 5.82 Å². The van der Waals surface area contributed by atoms with Gasteiger partial charge < -0.3 is 19.3 Å². The van der Waals surface area contributed by atoms with Crippen molar-refractivity contribution in [3.8, 4) is 11.5 Å².